The minimum Gasteiger partial charge on any atom is -0.493 e. The minimum absolute atomic E-state index is 0.0816. The predicted octanol–water partition coefficient (Wildman–Crippen LogP) is 4.88. The lowest BCUT2D eigenvalue weighted by Crippen LogP contribution is -2.38. The molecular formula is C24H23F2N3O3. The molecule has 4 rings (SSSR count). The van der Waals surface area contributed by atoms with Crippen molar-refractivity contribution in [2.75, 3.05) is 20.2 Å². The lowest BCUT2D eigenvalue weighted by Gasteiger charge is -2.31. The number of hydrogen-bond donors (Lipinski definition) is 0. The maximum Gasteiger partial charge on any atom is 0.256 e. The van der Waals surface area contributed by atoms with Gasteiger partial charge in [-0.3, -0.25) is 4.79 Å². The van der Waals surface area contributed by atoms with E-state index < -0.39 is 17.5 Å². The fourth-order valence-corrected chi connectivity index (χ4v) is 3.74. The first-order chi connectivity index (χ1) is 15.4. The number of aromatic nitrogens is 2. The number of amides is 1. The Kier molecular flexibility index (Phi) is 6.30. The summed E-state index contributed by atoms with van der Waals surface area (Å²) < 4.78 is 38.9. The number of nitrogens with zero attached hydrogens (tertiary/aromatic N) is 3. The summed E-state index contributed by atoms with van der Waals surface area (Å²) in [5.74, 6) is -0.659. The number of carbonyl (C=O) groups excluding carboxylic acids is 1. The Balaban J connectivity index is 1.47. The number of benzene rings is 2. The first kappa shape index (κ1) is 21.7. The third-order valence-corrected chi connectivity index (χ3v) is 5.54. The van der Waals surface area contributed by atoms with Crippen molar-refractivity contribution < 1.29 is 23.0 Å². The number of rotatable bonds is 5. The number of aryl methyl sites for hydroxylation is 1. The van der Waals surface area contributed by atoms with Crippen molar-refractivity contribution in [2.45, 2.75) is 25.7 Å². The summed E-state index contributed by atoms with van der Waals surface area (Å²) in [5, 5.41) is 8.36. The zero-order valence-corrected chi connectivity index (χ0v) is 17.8. The van der Waals surface area contributed by atoms with Crippen LogP contribution in [0.15, 0.2) is 48.5 Å². The molecule has 0 radical (unpaired) electrons. The second kappa shape index (κ2) is 9.30. The molecule has 1 amide bonds. The molecule has 32 heavy (non-hydrogen) atoms. The van der Waals surface area contributed by atoms with Crippen molar-refractivity contribution in [1.29, 1.82) is 0 Å². The van der Waals surface area contributed by atoms with E-state index in [1.807, 2.05) is 19.1 Å². The van der Waals surface area contributed by atoms with Gasteiger partial charge in [-0.1, -0.05) is 0 Å². The number of likely N-dealkylation sites (tertiary alicyclic amines) is 1. The normalized spacial score (nSPS) is 14.3. The van der Waals surface area contributed by atoms with Crippen molar-refractivity contribution in [3.8, 4) is 17.2 Å². The zero-order valence-electron chi connectivity index (χ0n) is 17.8. The van der Waals surface area contributed by atoms with E-state index >= 15 is 0 Å². The summed E-state index contributed by atoms with van der Waals surface area (Å²) in [7, 11) is 1.41. The van der Waals surface area contributed by atoms with Crippen LogP contribution in [-0.4, -0.2) is 41.2 Å². The Hall–Kier alpha value is -3.55. The third kappa shape index (κ3) is 4.69. The number of methoxy groups -OCH3 is 1. The Morgan fingerprint density at radius 2 is 1.72 bits per heavy atom. The molecule has 0 saturated carbocycles. The lowest BCUT2D eigenvalue weighted by atomic mass is 9.93. The molecule has 2 aromatic carbocycles. The maximum absolute atomic E-state index is 14.9. The molecule has 1 aromatic heterocycles. The Labute approximate surface area is 184 Å². The molecule has 6 nitrogen and oxygen atoms in total. The summed E-state index contributed by atoms with van der Waals surface area (Å²) in [4.78, 5) is 14.6. The van der Waals surface area contributed by atoms with Gasteiger partial charge in [-0.2, -0.15) is 10.2 Å². The van der Waals surface area contributed by atoms with Gasteiger partial charge >= 0.3 is 0 Å². The van der Waals surface area contributed by atoms with Crippen LogP contribution < -0.4 is 9.47 Å². The molecule has 0 unspecified atom stereocenters. The van der Waals surface area contributed by atoms with E-state index in [-0.39, 0.29) is 23.0 Å². The van der Waals surface area contributed by atoms with E-state index in [1.165, 1.54) is 37.4 Å². The molecular weight excluding hydrogens is 416 g/mol. The van der Waals surface area contributed by atoms with Gasteiger partial charge in [-0.25, -0.2) is 8.78 Å². The second-order valence-corrected chi connectivity index (χ2v) is 7.70. The molecule has 0 bridgehead atoms. The molecule has 0 atom stereocenters. The van der Waals surface area contributed by atoms with Crippen LogP contribution in [0.4, 0.5) is 8.78 Å². The van der Waals surface area contributed by atoms with Gasteiger partial charge < -0.3 is 14.4 Å². The number of halogens is 2. The first-order valence-electron chi connectivity index (χ1n) is 10.3. The standard InChI is InChI=1S/C24H23F2N3O3/c1-15-3-8-21(28-27-15)16-9-11-29(12-10-16)24(30)19-13-22(31-2)23(14-20(19)26)32-18-6-4-17(25)5-7-18/h3-8,13-14,16H,9-12H2,1-2H3. The van der Waals surface area contributed by atoms with Crippen molar-refractivity contribution in [3.63, 3.8) is 0 Å². The number of hydrogen-bond acceptors (Lipinski definition) is 5. The first-order valence-corrected chi connectivity index (χ1v) is 10.3. The topological polar surface area (TPSA) is 64.5 Å². The molecule has 0 spiro atoms. The van der Waals surface area contributed by atoms with E-state index in [4.69, 9.17) is 9.47 Å². The van der Waals surface area contributed by atoms with Gasteiger partial charge in [0.05, 0.1) is 24.1 Å². The second-order valence-electron chi connectivity index (χ2n) is 7.70. The highest BCUT2D eigenvalue weighted by Crippen LogP contribution is 2.35. The fraction of sp³-hybridized carbons (Fsp3) is 0.292. The fourth-order valence-electron chi connectivity index (χ4n) is 3.74. The van der Waals surface area contributed by atoms with Gasteiger partial charge in [-0.15, -0.1) is 0 Å². The van der Waals surface area contributed by atoms with Crippen LogP contribution in [0.2, 0.25) is 0 Å². The smallest absolute Gasteiger partial charge is 0.256 e. The summed E-state index contributed by atoms with van der Waals surface area (Å²) in [5.41, 5.74) is 1.69. The van der Waals surface area contributed by atoms with E-state index in [0.29, 0.717) is 18.8 Å². The van der Waals surface area contributed by atoms with Gasteiger partial charge in [0.25, 0.3) is 5.91 Å². The van der Waals surface area contributed by atoms with Crippen LogP contribution in [0.3, 0.4) is 0 Å². The summed E-state index contributed by atoms with van der Waals surface area (Å²) >= 11 is 0. The van der Waals surface area contributed by atoms with E-state index in [2.05, 4.69) is 10.2 Å². The van der Waals surface area contributed by atoms with E-state index in [1.54, 1.807) is 4.90 Å². The quantitative estimate of drug-likeness (QED) is 0.567. The molecule has 166 valence electrons. The molecule has 2 heterocycles. The third-order valence-electron chi connectivity index (χ3n) is 5.54. The largest absolute Gasteiger partial charge is 0.493 e. The highest BCUT2D eigenvalue weighted by Gasteiger charge is 2.28. The lowest BCUT2D eigenvalue weighted by molar-refractivity contribution is 0.0706. The summed E-state index contributed by atoms with van der Waals surface area (Å²) in [6, 6.07) is 11.7. The molecule has 1 fully saturated rings. The Bertz CT molecular complexity index is 1100. The average Bonchev–Trinajstić information content (AvgIpc) is 2.81. The predicted molar refractivity (Wildman–Crippen MR) is 114 cm³/mol. The van der Waals surface area contributed by atoms with Crippen LogP contribution in [-0.2, 0) is 0 Å². The van der Waals surface area contributed by atoms with Crippen LogP contribution in [0, 0.1) is 18.6 Å². The summed E-state index contributed by atoms with van der Waals surface area (Å²) in [6.07, 6.45) is 1.46. The molecule has 1 aliphatic rings. The van der Waals surface area contributed by atoms with Gasteiger partial charge in [0.1, 0.15) is 17.4 Å². The van der Waals surface area contributed by atoms with Crippen molar-refractivity contribution in [1.82, 2.24) is 15.1 Å². The maximum atomic E-state index is 14.9. The Morgan fingerprint density at radius 3 is 2.34 bits per heavy atom. The minimum atomic E-state index is -0.709. The van der Waals surface area contributed by atoms with E-state index in [0.717, 1.165) is 30.3 Å². The molecule has 1 aliphatic heterocycles. The molecule has 0 aliphatic carbocycles. The van der Waals surface area contributed by atoms with Crippen molar-refractivity contribution >= 4 is 5.91 Å². The van der Waals surface area contributed by atoms with Crippen LogP contribution in [0.5, 0.6) is 17.2 Å². The van der Waals surface area contributed by atoms with Gasteiger partial charge in [0, 0.05) is 25.1 Å². The summed E-state index contributed by atoms with van der Waals surface area (Å²) in [6.45, 7) is 2.88. The van der Waals surface area contributed by atoms with Gasteiger partial charge in [0.2, 0.25) is 0 Å². The van der Waals surface area contributed by atoms with Crippen LogP contribution in [0.1, 0.15) is 40.5 Å². The Morgan fingerprint density at radius 1 is 1.00 bits per heavy atom. The van der Waals surface area contributed by atoms with E-state index in [9.17, 15) is 13.6 Å². The molecule has 1 saturated heterocycles. The van der Waals surface area contributed by atoms with Crippen molar-refractivity contribution in [2.24, 2.45) is 0 Å². The number of ether oxygens (including phenoxy) is 2. The van der Waals surface area contributed by atoms with Crippen LogP contribution >= 0.6 is 0 Å². The van der Waals surface area contributed by atoms with Crippen LogP contribution in [0.25, 0.3) is 0 Å². The monoisotopic (exact) mass is 439 g/mol. The highest BCUT2D eigenvalue weighted by atomic mass is 19.1. The molecule has 0 N–H and O–H groups in total. The van der Waals surface area contributed by atoms with Gasteiger partial charge in [-0.05, 0) is 62.2 Å². The molecule has 3 aromatic rings. The zero-order chi connectivity index (χ0) is 22.7. The highest BCUT2D eigenvalue weighted by molar-refractivity contribution is 5.95. The van der Waals surface area contributed by atoms with Crippen molar-refractivity contribution in [3.05, 3.63) is 77.1 Å². The average molecular weight is 439 g/mol. The SMILES string of the molecule is COc1cc(C(=O)N2CCC(c3ccc(C)nn3)CC2)c(F)cc1Oc1ccc(F)cc1. The number of piperidine rings is 1. The molecule has 8 heteroatoms. The number of carbonyl (C=O) groups is 1. The van der Waals surface area contributed by atoms with Gasteiger partial charge in [0.15, 0.2) is 11.5 Å².